The topological polar surface area (TPSA) is 24.0 Å². The number of imidazole rings is 1. The Morgan fingerprint density at radius 3 is 3.00 bits per heavy atom. The molecule has 4 heteroatoms. The van der Waals surface area contributed by atoms with Gasteiger partial charge in [-0.1, -0.05) is 6.07 Å². The maximum Gasteiger partial charge on any atom is 0.178 e. The van der Waals surface area contributed by atoms with Gasteiger partial charge in [-0.05, 0) is 69.1 Å². The number of aromatic amines is 1. The lowest BCUT2D eigenvalue weighted by atomic mass is 9.97. The molecule has 4 rings (SSSR count). The largest absolute Gasteiger partial charge is 0.331 e. The molecule has 3 nitrogen and oxygen atoms in total. The highest BCUT2D eigenvalue weighted by Gasteiger charge is 2.33. The third kappa shape index (κ3) is 1.93. The maximum absolute atomic E-state index is 5.59. The summed E-state index contributed by atoms with van der Waals surface area (Å²) in [6.45, 7) is 4.69. The zero-order chi connectivity index (χ0) is 13.7. The number of rotatable bonds is 1. The van der Waals surface area contributed by atoms with Gasteiger partial charge in [0.25, 0.3) is 0 Å². The fourth-order valence-corrected chi connectivity index (χ4v) is 4.39. The molecule has 1 N–H and O–H groups in total. The summed E-state index contributed by atoms with van der Waals surface area (Å²) in [5.74, 6) is 0. The van der Waals surface area contributed by atoms with E-state index in [0.717, 1.165) is 10.8 Å². The standard InChI is InChI=1S/C16H21N3S/c1-11-4-5-14-15(9-11)19(16(20)17-14)13-6-8-18-7-2-3-12(18)10-13/h4-5,9,12-13H,2-3,6-8,10H2,1H3,(H,17,20). The molecule has 0 radical (unpaired) electrons. The molecule has 2 fully saturated rings. The van der Waals surface area contributed by atoms with Crippen molar-refractivity contribution in [1.29, 1.82) is 0 Å². The molecule has 1 aromatic heterocycles. The lowest BCUT2D eigenvalue weighted by molar-refractivity contribution is 0.156. The summed E-state index contributed by atoms with van der Waals surface area (Å²) in [4.78, 5) is 6.04. The van der Waals surface area contributed by atoms with Gasteiger partial charge >= 0.3 is 0 Å². The first kappa shape index (κ1) is 12.6. The minimum atomic E-state index is 0.567. The fraction of sp³-hybridized carbons (Fsp3) is 0.562. The van der Waals surface area contributed by atoms with Gasteiger partial charge in [-0.2, -0.15) is 0 Å². The molecule has 0 bridgehead atoms. The molecule has 2 aromatic rings. The lowest BCUT2D eigenvalue weighted by Gasteiger charge is -2.35. The number of aryl methyl sites for hydroxylation is 1. The number of nitrogens with one attached hydrogen (secondary N) is 1. The van der Waals surface area contributed by atoms with Crippen LogP contribution in [0.3, 0.4) is 0 Å². The van der Waals surface area contributed by atoms with Crippen molar-refractivity contribution in [2.45, 2.75) is 44.7 Å². The van der Waals surface area contributed by atoms with E-state index in [1.54, 1.807) is 0 Å². The second-order valence-corrected chi connectivity index (χ2v) is 6.72. The Morgan fingerprint density at radius 1 is 1.20 bits per heavy atom. The number of piperidine rings is 1. The second kappa shape index (κ2) is 4.71. The van der Waals surface area contributed by atoms with Gasteiger partial charge in [0.15, 0.2) is 4.77 Å². The number of aromatic nitrogens is 2. The second-order valence-electron chi connectivity index (χ2n) is 6.33. The molecule has 0 spiro atoms. The maximum atomic E-state index is 5.59. The van der Waals surface area contributed by atoms with E-state index < -0.39 is 0 Å². The molecule has 0 saturated carbocycles. The van der Waals surface area contributed by atoms with Crippen LogP contribution in [0.1, 0.15) is 37.3 Å². The van der Waals surface area contributed by atoms with Gasteiger partial charge in [-0.25, -0.2) is 0 Å². The van der Waals surface area contributed by atoms with Crippen molar-refractivity contribution in [3.63, 3.8) is 0 Å². The Kier molecular flexibility index (Phi) is 2.97. The number of hydrogen-bond donors (Lipinski definition) is 1. The minimum absolute atomic E-state index is 0.567. The minimum Gasteiger partial charge on any atom is -0.331 e. The zero-order valence-electron chi connectivity index (χ0n) is 11.9. The van der Waals surface area contributed by atoms with E-state index in [1.165, 1.54) is 55.4 Å². The van der Waals surface area contributed by atoms with Crippen molar-refractivity contribution < 1.29 is 0 Å². The molecule has 1 aromatic carbocycles. The average molecular weight is 287 g/mol. The Morgan fingerprint density at radius 2 is 2.10 bits per heavy atom. The Balaban J connectivity index is 1.76. The van der Waals surface area contributed by atoms with Crippen LogP contribution in [0, 0.1) is 11.7 Å². The first-order chi connectivity index (χ1) is 9.72. The number of fused-ring (bicyclic) bond motifs is 2. The van der Waals surface area contributed by atoms with Crippen molar-refractivity contribution in [1.82, 2.24) is 14.5 Å². The summed E-state index contributed by atoms with van der Waals surface area (Å²) in [5, 5.41) is 0. The molecule has 0 aliphatic carbocycles. The molecule has 2 saturated heterocycles. The molecule has 0 amide bonds. The molecular weight excluding hydrogens is 266 g/mol. The highest BCUT2D eigenvalue weighted by molar-refractivity contribution is 7.71. The summed E-state index contributed by atoms with van der Waals surface area (Å²) < 4.78 is 3.27. The first-order valence-electron chi connectivity index (χ1n) is 7.67. The van der Waals surface area contributed by atoms with Crippen LogP contribution < -0.4 is 0 Å². The number of nitrogens with zero attached hydrogens (tertiary/aromatic N) is 2. The number of hydrogen-bond acceptors (Lipinski definition) is 2. The van der Waals surface area contributed by atoms with Crippen LogP contribution in [0.15, 0.2) is 18.2 Å². The third-order valence-corrected chi connectivity index (χ3v) is 5.33. The van der Waals surface area contributed by atoms with Crippen molar-refractivity contribution in [3.8, 4) is 0 Å². The van der Waals surface area contributed by atoms with Gasteiger partial charge in [-0.15, -0.1) is 0 Å². The Hall–Kier alpha value is -1.13. The van der Waals surface area contributed by atoms with E-state index in [-0.39, 0.29) is 0 Å². The van der Waals surface area contributed by atoms with E-state index in [1.807, 2.05) is 0 Å². The van der Waals surface area contributed by atoms with Gasteiger partial charge in [-0.3, -0.25) is 0 Å². The van der Waals surface area contributed by atoms with E-state index in [9.17, 15) is 0 Å². The van der Waals surface area contributed by atoms with E-state index >= 15 is 0 Å². The zero-order valence-corrected chi connectivity index (χ0v) is 12.7. The van der Waals surface area contributed by atoms with Gasteiger partial charge in [0.2, 0.25) is 0 Å². The predicted octanol–water partition coefficient (Wildman–Crippen LogP) is 3.81. The van der Waals surface area contributed by atoms with Gasteiger partial charge in [0.1, 0.15) is 0 Å². The molecule has 2 aliphatic rings. The van der Waals surface area contributed by atoms with Crippen LogP contribution >= 0.6 is 12.2 Å². The average Bonchev–Trinajstić information content (AvgIpc) is 3.00. The highest BCUT2D eigenvalue weighted by atomic mass is 32.1. The van der Waals surface area contributed by atoms with E-state index in [4.69, 9.17) is 12.2 Å². The van der Waals surface area contributed by atoms with Crippen molar-refractivity contribution >= 4 is 23.3 Å². The summed E-state index contributed by atoms with van der Waals surface area (Å²) in [6.07, 6.45) is 5.22. The molecule has 3 heterocycles. The van der Waals surface area contributed by atoms with Gasteiger partial charge < -0.3 is 14.5 Å². The Bertz CT molecular complexity index is 699. The van der Waals surface area contributed by atoms with Crippen molar-refractivity contribution in [3.05, 3.63) is 28.5 Å². The smallest absolute Gasteiger partial charge is 0.178 e. The highest BCUT2D eigenvalue weighted by Crippen LogP contribution is 2.35. The first-order valence-corrected chi connectivity index (χ1v) is 8.08. The summed E-state index contributed by atoms with van der Waals surface area (Å²) in [5.41, 5.74) is 3.76. The number of H-pyrrole nitrogens is 1. The molecular formula is C16H21N3S. The van der Waals surface area contributed by atoms with Crippen molar-refractivity contribution in [2.24, 2.45) is 0 Å². The van der Waals surface area contributed by atoms with Crippen LogP contribution in [0.2, 0.25) is 0 Å². The van der Waals surface area contributed by atoms with Crippen LogP contribution in [0.25, 0.3) is 11.0 Å². The molecule has 2 unspecified atom stereocenters. The summed E-state index contributed by atoms with van der Waals surface area (Å²) in [6, 6.07) is 7.92. The molecule has 2 atom stereocenters. The normalized spacial score (nSPS) is 27.1. The van der Waals surface area contributed by atoms with E-state index in [2.05, 4.69) is 39.6 Å². The molecule has 106 valence electrons. The van der Waals surface area contributed by atoms with Crippen LogP contribution in [0.4, 0.5) is 0 Å². The van der Waals surface area contributed by atoms with Crippen LogP contribution in [-0.4, -0.2) is 33.6 Å². The van der Waals surface area contributed by atoms with E-state index in [0.29, 0.717) is 6.04 Å². The summed E-state index contributed by atoms with van der Waals surface area (Å²) in [7, 11) is 0. The lowest BCUT2D eigenvalue weighted by Crippen LogP contribution is -2.38. The van der Waals surface area contributed by atoms with Crippen LogP contribution in [0.5, 0.6) is 0 Å². The van der Waals surface area contributed by atoms with Crippen LogP contribution in [-0.2, 0) is 0 Å². The quantitative estimate of drug-likeness (QED) is 0.807. The monoisotopic (exact) mass is 287 g/mol. The SMILES string of the molecule is Cc1ccc2[nH]c(=S)n(C3CCN4CCCC4C3)c2c1. The van der Waals surface area contributed by atoms with Gasteiger partial charge in [0, 0.05) is 18.6 Å². The van der Waals surface area contributed by atoms with Crippen molar-refractivity contribution in [2.75, 3.05) is 13.1 Å². The Labute approximate surface area is 124 Å². The fourth-order valence-electron chi connectivity index (χ4n) is 4.03. The molecule has 20 heavy (non-hydrogen) atoms. The number of benzene rings is 1. The predicted molar refractivity (Wildman–Crippen MR) is 84.7 cm³/mol. The third-order valence-electron chi connectivity index (χ3n) is 5.03. The molecule has 2 aliphatic heterocycles. The van der Waals surface area contributed by atoms with Gasteiger partial charge in [0.05, 0.1) is 11.0 Å². The summed E-state index contributed by atoms with van der Waals surface area (Å²) >= 11 is 5.59.